The number of hydrogen-bond acceptors (Lipinski definition) is 2. The molecule has 0 aliphatic rings. The van der Waals surface area contributed by atoms with Crippen molar-refractivity contribution < 1.29 is 0 Å². The molecule has 0 radical (unpaired) electrons. The maximum atomic E-state index is 4.23. The molecule has 1 rings (SSSR count). The number of halogens is 1. The summed E-state index contributed by atoms with van der Waals surface area (Å²) in [5.41, 5.74) is 1.29. The summed E-state index contributed by atoms with van der Waals surface area (Å²) in [5, 5.41) is 7.81. The molecule has 0 saturated carbocycles. The van der Waals surface area contributed by atoms with E-state index in [1.54, 1.807) is 0 Å². The highest BCUT2D eigenvalue weighted by Gasteiger charge is 2.09. The molecule has 0 fully saturated rings. The van der Waals surface area contributed by atoms with Crippen LogP contribution in [0.5, 0.6) is 0 Å². The van der Waals surface area contributed by atoms with Crippen LogP contribution < -0.4 is 5.32 Å². The van der Waals surface area contributed by atoms with Gasteiger partial charge < -0.3 is 5.32 Å². The van der Waals surface area contributed by atoms with Gasteiger partial charge in [0.1, 0.15) is 0 Å². The second kappa shape index (κ2) is 7.07. The molecule has 0 saturated heterocycles. The molecular weight excluding hydrogens is 266 g/mol. The maximum Gasteiger partial charge on any atom is 0.0635 e. The zero-order chi connectivity index (χ0) is 12.0. The Morgan fingerprint density at radius 2 is 2.25 bits per heavy atom. The molecule has 0 bridgehead atoms. The molecule has 1 unspecified atom stereocenters. The van der Waals surface area contributed by atoms with Gasteiger partial charge in [0, 0.05) is 13.1 Å². The number of rotatable bonds is 7. The van der Waals surface area contributed by atoms with Crippen LogP contribution in [-0.4, -0.2) is 22.4 Å². The van der Waals surface area contributed by atoms with Gasteiger partial charge in [-0.3, -0.25) is 4.68 Å². The quantitative estimate of drug-likeness (QED) is 0.836. The zero-order valence-corrected chi connectivity index (χ0v) is 12.0. The van der Waals surface area contributed by atoms with Crippen molar-refractivity contribution in [2.45, 2.75) is 45.6 Å². The van der Waals surface area contributed by atoms with Gasteiger partial charge in [-0.05, 0) is 48.2 Å². The number of hydrogen-bond donors (Lipinski definition) is 1. The van der Waals surface area contributed by atoms with Crippen LogP contribution in [0.2, 0.25) is 0 Å². The van der Waals surface area contributed by atoms with E-state index in [2.05, 4.69) is 40.2 Å². The van der Waals surface area contributed by atoms with Crippen LogP contribution in [0.1, 0.15) is 38.8 Å². The second-order valence-corrected chi connectivity index (χ2v) is 5.02. The summed E-state index contributed by atoms with van der Waals surface area (Å²) in [6.45, 7) is 5.56. The summed E-state index contributed by atoms with van der Waals surface area (Å²) in [6.07, 6.45) is 6.51. The van der Waals surface area contributed by atoms with Crippen LogP contribution in [0.3, 0.4) is 0 Å². The van der Waals surface area contributed by atoms with Crippen LogP contribution >= 0.6 is 15.9 Å². The fourth-order valence-corrected chi connectivity index (χ4v) is 2.37. The highest BCUT2D eigenvalue weighted by atomic mass is 79.9. The monoisotopic (exact) mass is 287 g/mol. The van der Waals surface area contributed by atoms with Crippen molar-refractivity contribution in [1.82, 2.24) is 15.1 Å². The van der Waals surface area contributed by atoms with E-state index in [0.29, 0.717) is 6.04 Å². The molecule has 0 spiro atoms. The van der Waals surface area contributed by atoms with Gasteiger partial charge in [-0.2, -0.15) is 5.10 Å². The van der Waals surface area contributed by atoms with Gasteiger partial charge in [0.05, 0.1) is 16.4 Å². The third kappa shape index (κ3) is 3.91. The molecular formula is C12H22BrN3. The molecule has 0 aliphatic heterocycles. The van der Waals surface area contributed by atoms with E-state index in [1.165, 1.54) is 25.0 Å². The molecule has 1 heterocycles. The van der Waals surface area contributed by atoms with Crippen molar-refractivity contribution in [3.8, 4) is 0 Å². The van der Waals surface area contributed by atoms with Gasteiger partial charge in [0.2, 0.25) is 0 Å². The number of aromatic nitrogens is 2. The zero-order valence-electron chi connectivity index (χ0n) is 10.5. The topological polar surface area (TPSA) is 29.9 Å². The number of aryl methyl sites for hydroxylation is 1. The predicted molar refractivity (Wildman–Crippen MR) is 71.6 cm³/mol. The van der Waals surface area contributed by atoms with Gasteiger partial charge in [-0.15, -0.1) is 0 Å². The lowest BCUT2D eigenvalue weighted by Gasteiger charge is -2.16. The van der Waals surface area contributed by atoms with E-state index in [9.17, 15) is 0 Å². The fraction of sp³-hybridized carbons (Fsp3) is 0.750. The van der Waals surface area contributed by atoms with E-state index < -0.39 is 0 Å². The fourth-order valence-electron chi connectivity index (χ4n) is 1.83. The van der Waals surface area contributed by atoms with Crippen LogP contribution in [0.25, 0.3) is 0 Å². The third-order valence-corrected chi connectivity index (χ3v) is 3.58. The number of nitrogens with zero attached hydrogens (tertiary/aromatic N) is 2. The smallest absolute Gasteiger partial charge is 0.0635 e. The van der Waals surface area contributed by atoms with E-state index in [4.69, 9.17) is 0 Å². The predicted octanol–water partition coefficient (Wildman–Crippen LogP) is 2.89. The van der Waals surface area contributed by atoms with Crippen LogP contribution in [0.15, 0.2) is 10.7 Å². The summed E-state index contributed by atoms with van der Waals surface area (Å²) >= 11 is 3.54. The molecule has 1 aromatic heterocycles. The Morgan fingerprint density at radius 1 is 1.50 bits per heavy atom. The Kier molecular flexibility index (Phi) is 6.06. The Labute approximate surface area is 107 Å². The summed E-state index contributed by atoms with van der Waals surface area (Å²) in [7, 11) is 2.00. The first-order chi connectivity index (χ1) is 7.69. The van der Waals surface area contributed by atoms with Crippen molar-refractivity contribution in [3.63, 3.8) is 0 Å². The molecule has 4 heteroatoms. The van der Waals surface area contributed by atoms with Crippen molar-refractivity contribution in [2.75, 3.05) is 6.54 Å². The van der Waals surface area contributed by atoms with Gasteiger partial charge in [-0.25, -0.2) is 0 Å². The Balaban J connectivity index is 2.43. The van der Waals surface area contributed by atoms with Crippen molar-refractivity contribution in [2.24, 2.45) is 7.05 Å². The first-order valence-corrected chi connectivity index (χ1v) is 6.88. The summed E-state index contributed by atoms with van der Waals surface area (Å²) < 4.78 is 3.08. The highest BCUT2D eigenvalue weighted by Crippen LogP contribution is 2.17. The van der Waals surface area contributed by atoms with Crippen molar-refractivity contribution in [3.05, 3.63) is 16.4 Å². The van der Waals surface area contributed by atoms with E-state index in [0.717, 1.165) is 17.4 Å². The average Bonchev–Trinajstić information content (AvgIpc) is 2.60. The minimum absolute atomic E-state index is 0.627. The Hall–Kier alpha value is -0.350. The van der Waals surface area contributed by atoms with Gasteiger partial charge in [-0.1, -0.05) is 13.8 Å². The van der Waals surface area contributed by atoms with Gasteiger partial charge in [0.25, 0.3) is 0 Å². The summed E-state index contributed by atoms with van der Waals surface area (Å²) in [5.74, 6) is 0. The second-order valence-electron chi connectivity index (χ2n) is 4.16. The van der Waals surface area contributed by atoms with E-state index in [-0.39, 0.29) is 0 Å². The lowest BCUT2D eigenvalue weighted by atomic mass is 10.1. The number of nitrogens with one attached hydrogen (secondary N) is 1. The molecule has 3 nitrogen and oxygen atoms in total. The van der Waals surface area contributed by atoms with Gasteiger partial charge in [0.15, 0.2) is 0 Å². The van der Waals surface area contributed by atoms with Crippen LogP contribution in [0, 0.1) is 0 Å². The normalized spacial score (nSPS) is 13.0. The summed E-state index contributed by atoms with van der Waals surface area (Å²) in [6, 6.07) is 0.627. The Bertz CT molecular complexity index is 290. The molecule has 92 valence electrons. The average molecular weight is 288 g/mol. The maximum absolute atomic E-state index is 4.23. The SMILES string of the molecule is CCCNC(CC)CCc1c(Br)cnn1C. The molecule has 1 atom stereocenters. The first-order valence-electron chi connectivity index (χ1n) is 6.08. The van der Waals surface area contributed by atoms with Crippen molar-refractivity contribution in [1.29, 1.82) is 0 Å². The summed E-state index contributed by atoms with van der Waals surface area (Å²) in [4.78, 5) is 0. The lowest BCUT2D eigenvalue weighted by Crippen LogP contribution is -2.29. The largest absolute Gasteiger partial charge is 0.314 e. The lowest BCUT2D eigenvalue weighted by molar-refractivity contribution is 0.462. The minimum atomic E-state index is 0.627. The highest BCUT2D eigenvalue weighted by molar-refractivity contribution is 9.10. The van der Waals surface area contributed by atoms with Crippen LogP contribution in [0.4, 0.5) is 0 Å². The molecule has 0 aliphatic carbocycles. The Morgan fingerprint density at radius 3 is 2.75 bits per heavy atom. The molecule has 0 amide bonds. The molecule has 1 N–H and O–H groups in total. The molecule has 1 aromatic rings. The van der Waals surface area contributed by atoms with Crippen molar-refractivity contribution >= 4 is 15.9 Å². The van der Waals surface area contributed by atoms with Crippen LogP contribution in [-0.2, 0) is 13.5 Å². The minimum Gasteiger partial charge on any atom is -0.314 e. The van der Waals surface area contributed by atoms with Gasteiger partial charge >= 0.3 is 0 Å². The molecule has 0 aromatic carbocycles. The first kappa shape index (κ1) is 13.7. The third-order valence-electron chi connectivity index (χ3n) is 2.92. The van der Waals surface area contributed by atoms with E-state index in [1.807, 2.05) is 17.9 Å². The molecule has 16 heavy (non-hydrogen) atoms. The standard InChI is InChI=1S/C12H22BrN3/c1-4-8-14-10(5-2)6-7-12-11(13)9-15-16(12)3/h9-10,14H,4-8H2,1-3H3. The van der Waals surface area contributed by atoms with E-state index >= 15 is 0 Å².